The van der Waals surface area contributed by atoms with Gasteiger partial charge in [-0.2, -0.15) is 0 Å². The Morgan fingerprint density at radius 3 is 1.37 bits per heavy atom. The molecule has 0 heterocycles. The molecule has 0 radical (unpaired) electrons. The van der Waals surface area contributed by atoms with Gasteiger partial charge in [0.2, 0.25) is 29.5 Å². The summed E-state index contributed by atoms with van der Waals surface area (Å²) < 4.78 is 43.6. The molecular formula is C52H94N8O15. The third-order valence-corrected chi connectivity index (χ3v) is 9.94. The average molecular weight is 1070 g/mol. The Labute approximate surface area is 446 Å². The molecule has 432 valence electrons. The molecule has 0 bridgehead atoms. The molecule has 0 rings (SSSR count). The Kier molecular flexibility index (Phi) is 57.3. The molecule has 0 aliphatic carbocycles. The van der Waals surface area contributed by atoms with E-state index in [0.29, 0.717) is 150 Å². The standard InChI is InChI=1S/C44H84N8O15.C7H6.CH4/c1-4-37(43(45)57)9-5-7-15-48-40(54)13-19-59-23-27-64-32-34-66-30-26-62-22-18-51-42(56)35-67-52-36(2)11-12-39(53)50-17-21-61-25-29-65-33-31-63-28-24-60-20-14-41(55)49-16-8-6-10-38(47-3)44(46)58;1-3-5-7-6-4-2;/h37-38,47H,4-35H2,1-3H3,(H2,45,57)(H2,46,58)(H,48,54)(H,49,55)(H,50,53)(H,51,56);4H,1H2,2H3;1H4/b52-36-;;/t37-,38-;;/m0../s1. The highest BCUT2D eigenvalue weighted by molar-refractivity contribution is 5.86. The minimum Gasteiger partial charge on any atom is -0.386 e. The van der Waals surface area contributed by atoms with Crippen molar-refractivity contribution in [3.8, 4) is 0 Å². The number of nitrogens with two attached hydrogens (primary N) is 2. The summed E-state index contributed by atoms with van der Waals surface area (Å²) in [5, 5.41) is 17.9. The molecule has 0 saturated heterocycles. The average Bonchev–Trinajstić information content (AvgIpc) is 3.37. The summed E-state index contributed by atoms with van der Waals surface area (Å²) in [6.07, 6.45) is 8.14. The highest BCUT2D eigenvalue weighted by Gasteiger charge is 2.13. The lowest BCUT2D eigenvalue weighted by atomic mass is 9.99. The number of unbranched alkanes of at least 4 members (excludes halogenated alkanes) is 2. The fourth-order valence-corrected chi connectivity index (χ4v) is 5.81. The van der Waals surface area contributed by atoms with Crippen molar-refractivity contribution in [2.75, 3.05) is 146 Å². The summed E-state index contributed by atoms with van der Waals surface area (Å²) in [6, 6.07) is -0.348. The number of hydrogen-bond donors (Lipinski definition) is 7. The van der Waals surface area contributed by atoms with E-state index in [1.165, 1.54) is 0 Å². The minimum absolute atomic E-state index is 0. The van der Waals surface area contributed by atoms with Crippen LogP contribution in [0.4, 0.5) is 0 Å². The summed E-state index contributed by atoms with van der Waals surface area (Å²) in [4.78, 5) is 75.4. The van der Waals surface area contributed by atoms with E-state index in [4.69, 9.17) is 54.2 Å². The fourth-order valence-electron chi connectivity index (χ4n) is 5.81. The predicted molar refractivity (Wildman–Crippen MR) is 285 cm³/mol. The first-order valence-electron chi connectivity index (χ1n) is 25.6. The van der Waals surface area contributed by atoms with Crippen LogP contribution in [0.2, 0.25) is 0 Å². The molecular weight excluding hydrogens is 977 g/mol. The van der Waals surface area contributed by atoms with Crippen molar-refractivity contribution < 1.29 is 71.5 Å². The first-order chi connectivity index (χ1) is 35.9. The van der Waals surface area contributed by atoms with Crippen LogP contribution >= 0.6 is 0 Å². The second-order valence-electron chi connectivity index (χ2n) is 16.0. The van der Waals surface area contributed by atoms with E-state index in [1.807, 2.05) is 13.8 Å². The maximum Gasteiger partial charge on any atom is 0.260 e. The molecule has 0 fully saturated rings. The summed E-state index contributed by atoms with van der Waals surface area (Å²) in [5.41, 5.74) is 21.3. The number of ether oxygens (including phenoxy) is 8. The lowest BCUT2D eigenvalue weighted by Gasteiger charge is -2.11. The van der Waals surface area contributed by atoms with Gasteiger partial charge in [0, 0.05) is 51.4 Å². The van der Waals surface area contributed by atoms with Crippen LogP contribution in [0, 0.1) is 5.92 Å². The molecule has 0 aromatic heterocycles. The van der Waals surface area contributed by atoms with Crippen LogP contribution in [-0.2, 0) is 71.5 Å². The molecule has 6 amide bonds. The van der Waals surface area contributed by atoms with Gasteiger partial charge in [-0.1, -0.05) is 37.4 Å². The molecule has 0 unspecified atom stereocenters. The SMILES string of the molecule is C.C=C=C=C=C=CC.CC[C@@H](CCCCNC(=O)CCOCCOCCOCCOCCNC(=O)CO/N=C(/C)CCC(=O)NCCOCCOCCOCCOCCC(=O)NCCCC[C@H](NC)C(N)=O)C(N)=O. The van der Waals surface area contributed by atoms with E-state index < -0.39 is 0 Å². The topological polar surface area (TPSA) is 310 Å². The number of nitrogens with zero attached hydrogens (tertiary/aromatic N) is 1. The highest BCUT2D eigenvalue weighted by Crippen LogP contribution is 2.11. The monoisotopic (exact) mass is 1070 g/mol. The second kappa shape index (κ2) is 58.1. The maximum atomic E-state index is 12.1. The van der Waals surface area contributed by atoms with Gasteiger partial charge in [0.25, 0.3) is 5.91 Å². The molecule has 2 atom stereocenters. The Balaban J connectivity index is -0.00000600. The predicted octanol–water partition coefficient (Wildman–Crippen LogP) is 1.91. The molecule has 0 aromatic carbocycles. The Morgan fingerprint density at radius 2 is 0.960 bits per heavy atom. The lowest BCUT2D eigenvalue weighted by molar-refractivity contribution is -0.126. The number of allylic oxidation sites excluding steroid dienone is 1. The van der Waals surface area contributed by atoms with Crippen LogP contribution < -0.4 is 38.1 Å². The number of primary amides is 2. The molecule has 0 saturated carbocycles. The largest absolute Gasteiger partial charge is 0.386 e. The zero-order valence-electron chi connectivity index (χ0n) is 44.8. The first-order valence-corrected chi connectivity index (χ1v) is 25.6. The van der Waals surface area contributed by atoms with E-state index in [1.54, 1.807) is 20.0 Å². The molecule has 75 heavy (non-hydrogen) atoms. The maximum absolute atomic E-state index is 12.1. The van der Waals surface area contributed by atoms with E-state index in [2.05, 4.69) is 61.2 Å². The Bertz CT molecular complexity index is 1670. The van der Waals surface area contributed by atoms with E-state index in [-0.39, 0.29) is 80.7 Å². The third-order valence-electron chi connectivity index (χ3n) is 9.94. The van der Waals surface area contributed by atoms with Crippen molar-refractivity contribution in [2.24, 2.45) is 22.5 Å². The molecule has 23 nitrogen and oxygen atoms in total. The minimum atomic E-state index is -0.378. The molecule has 23 heteroatoms. The number of oxime groups is 1. The van der Waals surface area contributed by atoms with Crippen molar-refractivity contribution in [1.82, 2.24) is 26.6 Å². The van der Waals surface area contributed by atoms with E-state index in [0.717, 1.165) is 38.5 Å². The van der Waals surface area contributed by atoms with Crippen LogP contribution in [0.5, 0.6) is 0 Å². The quantitative estimate of drug-likeness (QED) is 0.0198. The fraction of sp³-hybridized carbons (Fsp3) is 0.750. The van der Waals surface area contributed by atoms with Gasteiger partial charge in [-0.05, 0) is 90.0 Å². The van der Waals surface area contributed by atoms with Crippen molar-refractivity contribution in [1.29, 1.82) is 0 Å². The normalized spacial score (nSPS) is 11.4. The summed E-state index contributed by atoms with van der Waals surface area (Å²) in [6.45, 7) is 16.1. The van der Waals surface area contributed by atoms with E-state index in [9.17, 15) is 28.8 Å². The van der Waals surface area contributed by atoms with Crippen LogP contribution in [-0.4, -0.2) is 193 Å². The van der Waals surface area contributed by atoms with Crippen molar-refractivity contribution in [2.45, 2.75) is 105 Å². The number of rotatable bonds is 50. The number of carbonyl (C=O) groups excluding carboxylic acids is 6. The Morgan fingerprint density at radius 1 is 0.547 bits per heavy atom. The number of carbonyl (C=O) groups is 6. The van der Waals surface area contributed by atoms with Gasteiger partial charge in [-0.15, -0.1) is 0 Å². The molecule has 9 N–H and O–H groups in total. The van der Waals surface area contributed by atoms with Crippen LogP contribution in [0.25, 0.3) is 0 Å². The molecule has 0 aliphatic rings. The number of likely N-dealkylation sites (N-methyl/N-ethyl adjacent to an activating group) is 1. The van der Waals surface area contributed by atoms with Gasteiger partial charge in [0.1, 0.15) is 0 Å². The van der Waals surface area contributed by atoms with Crippen LogP contribution in [0.15, 0.2) is 40.7 Å². The zero-order valence-corrected chi connectivity index (χ0v) is 44.8. The molecule has 0 aliphatic heterocycles. The van der Waals surface area contributed by atoms with Crippen molar-refractivity contribution in [3.63, 3.8) is 0 Å². The van der Waals surface area contributed by atoms with Crippen molar-refractivity contribution >= 4 is 41.2 Å². The van der Waals surface area contributed by atoms with Gasteiger partial charge in [-0.3, -0.25) is 28.8 Å². The first kappa shape index (κ1) is 74.0. The number of nitrogens with one attached hydrogen (secondary N) is 5. The van der Waals surface area contributed by atoms with Gasteiger partial charge in [-0.25, -0.2) is 0 Å². The highest BCUT2D eigenvalue weighted by atomic mass is 16.6. The number of hydrogen-bond acceptors (Lipinski definition) is 17. The van der Waals surface area contributed by atoms with Crippen LogP contribution in [0.3, 0.4) is 0 Å². The third kappa shape index (κ3) is 56.4. The van der Waals surface area contributed by atoms with Crippen molar-refractivity contribution in [3.05, 3.63) is 35.6 Å². The number of amides is 6. The summed E-state index contributed by atoms with van der Waals surface area (Å²) in [7, 11) is 1.69. The van der Waals surface area contributed by atoms with E-state index >= 15 is 0 Å². The van der Waals surface area contributed by atoms with Gasteiger partial charge < -0.3 is 80.8 Å². The Hall–Kier alpha value is -5.21. The van der Waals surface area contributed by atoms with Gasteiger partial charge in [0.05, 0.1) is 117 Å². The van der Waals surface area contributed by atoms with Gasteiger partial charge in [0.15, 0.2) is 6.61 Å². The zero-order chi connectivity index (χ0) is 55.0. The second-order valence-corrected chi connectivity index (χ2v) is 16.0. The summed E-state index contributed by atoms with van der Waals surface area (Å²) >= 11 is 0. The molecule has 0 aromatic rings. The van der Waals surface area contributed by atoms with Gasteiger partial charge >= 0.3 is 0 Å². The summed E-state index contributed by atoms with van der Waals surface area (Å²) in [5.74, 6) is -1.41. The molecule has 0 spiro atoms. The smallest absolute Gasteiger partial charge is 0.260 e. The lowest BCUT2D eigenvalue weighted by Crippen LogP contribution is -2.39. The van der Waals surface area contributed by atoms with Crippen LogP contribution in [0.1, 0.15) is 98.8 Å².